The van der Waals surface area contributed by atoms with Gasteiger partial charge in [-0.05, 0) is 42.8 Å². The third kappa shape index (κ3) is 5.45. The van der Waals surface area contributed by atoms with Gasteiger partial charge in [-0.1, -0.05) is 57.2 Å². The summed E-state index contributed by atoms with van der Waals surface area (Å²) >= 11 is 0. The average molecular weight is 472 g/mol. The molecule has 3 N–H and O–H groups in total. The Bertz CT molecular complexity index is 1310. The van der Waals surface area contributed by atoms with E-state index in [-0.39, 0.29) is 11.7 Å². The van der Waals surface area contributed by atoms with Crippen LogP contribution in [0, 0.1) is 0 Å². The summed E-state index contributed by atoms with van der Waals surface area (Å²) in [6, 6.07) is 15.3. The van der Waals surface area contributed by atoms with Crippen molar-refractivity contribution in [3.63, 3.8) is 0 Å². The number of nitrogen functional groups attached to an aromatic ring is 1. The van der Waals surface area contributed by atoms with Crippen LogP contribution in [0.2, 0.25) is 0 Å². The Balaban J connectivity index is 1.62. The maximum Gasteiger partial charge on any atom is 0.257 e. The molecular weight excluding hydrogens is 438 g/mol. The molecule has 0 unspecified atom stereocenters. The van der Waals surface area contributed by atoms with Crippen LogP contribution in [0.1, 0.15) is 55.8 Å². The zero-order chi connectivity index (χ0) is 24.6. The standard InChI is InChI=1S/C28H33N5O2/c1-3-5-6-7-8-11-19-35-21-16-14-20(15-17-21)33-26(29)24(28(34)30-18-4-2)25-27(33)32-23-13-10-9-12-22(23)31-25/h4,9-10,12-17H,2-3,5-8,11,18-19,29H2,1H3,(H,30,34). The molecule has 0 saturated carbocycles. The lowest BCUT2D eigenvalue weighted by Crippen LogP contribution is -2.24. The van der Waals surface area contributed by atoms with Gasteiger partial charge >= 0.3 is 0 Å². The van der Waals surface area contributed by atoms with Crippen molar-refractivity contribution in [2.75, 3.05) is 18.9 Å². The summed E-state index contributed by atoms with van der Waals surface area (Å²) in [6.07, 6.45) is 8.97. The van der Waals surface area contributed by atoms with Crippen molar-refractivity contribution < 1.29 is 9.53 Å². The monoisotopic (exact) mass is 471 g/mol. The van der Waals surface area contributed by atoms with Crippen LogP contribution in [-0.2, 0) is 0 Å². The first-order valence-electron chi connectivity index (χ1n) is 12.3. The molecule has 0 spiro atoms. The van der Waals surface area contributed by atoms with E-state index in [1.165, 1.54) is 32.1 Å². The molecule has 2 aromatic carbocycles. The lowest BCUT2D eigenvalue weighted by molar-refractivity contribution is 0.0960. The molecule has 4 aromatic rings. The highest BCUT2D eigenvalue weighted by atomic mass is 16.5. The van der Waals surface area contributed by atoms with E-state index < -0.39 is 0 Å². The lowest BCUT2D eigenvalue weighted by atomic mass is 10.1. The fourth-order valence-corrected chi connectivity index (χ4v) is 4.16. The molecule has 0 fully saturated rings. The summed E-state index contributed by atoms with van der Waals surface area (Å²) in [4.78, 5) is 22.5. The number of nitrogens with two attached hydrogens (primary N) is 1. The summed E-state index contributed by atoms with van der Waals surface area (Å²) in [6.45, 7) is 6.92. The van der Waals surface area contributed by atoms with Crippen LogP contribution in [0.5, 0.6) is 5.75 Å². The van der Waals surface area contributed by atoms with E-state index in [4.69, 9.17) is 20.4 Å². The molecule has 7 heteroatoms. The number of unbranched alkanes of at least 4 members (excludes halogenated alkanes) is 5. The quantitative estimate of drug-likeness (QED) is 0.201. The normalized spacial score (nSPS) is 11.1. The van der Waals surface area contributed by atoms with Crippen LogP contribution in [0.15, 0.2) is 61.2 Å². The van der Waals surface area contributed by atoms with E-state index in [1.54, 1.807) is 10.6 Å². The first-order valence-corrected chi connectivity index (χ1v) is 12.3. The second kappa shape index (κ2) is 11.5. The Morgan fingerprint density at radius 2 is 1.71 bits per heavy atom. The minimum atomic E-state index is -0.311. The number of carbonyl (C=O) groups is 1. The molecule has 0 radical (unpaired) electrons. The van der Waals surface area contributed by atoms with E-state index in [0.29, 0.717) is 35.4 Å². The molecule has 7 nitrogen and oxygen atoms in total. The molecule has 2 heterocycles. The lowest BCUT2D eigenvalue weighted by Gasteiger charge is -2.10. The van der Waals surface area contributed by atoms with Crippen molar-refractivity contribution in [3.8, 4) is 11.4 Å². The van der Waals surface area contributed by atoms with Gasteiger partial charge in [-0.3, -0.25) is 9.36 Å². The molecule has 0 aliphatic carbocycles. The number of ether oxygens (including phenoxy) is 1. The van der Waals surface area contributed by atoms with Crippen LogP contribution in [0.25, 0.3) is 27.9 Å². The van der Waals surface area contributed by atoms with Crippen molar-refractivity contribution in [2.24, 2.45) is 0 Å². The second-order valence-electron chi connectivity index (χ2n) is 8.59. The largest absolute Gasteiger partial charge is 0.494 e. The topological polar surface area (TPSA) is 95.1 Å². The number of nitrogens with one attached hydrogen (secondary N) is 1. The van der Waals surface area contributed by atoms with Gasteiger partial charge in [0.1, 0.15) is 22.6 Å². The third-order valence-electron chi connectivity index (χ3n) is 5.99. The molecule has 0 aliphatic heterocycles. The number of rotatable bonds is 12. The molecule has 0 bridgehead atoms. The summed E-state index contributed by atoms with van der Waals surface area (Å²) < 4.78 is 7.70. The molecule has 182 valence electrons. The Labute approximate surface area is 206 Å². The number of hydrogen-bond acceptors (Lipinski definition) is 5. The zero-order valence-electron chi connectivity index (χ0n) is 20.3. The molecule has 35 heavy (non-hydrogen) atoms. The van der Waals surface area contributed by atoms with Gasteiger partial charge in [0.2, 0.25) is 0 Å². The van der Waals surface area contributed by atoms with Gasteiger partial charge in [0.25, 0.3) is 5.91 Å². The van der Waals surface area contributed by atoms with E-state index in [1.807, 2.05) is 48.5 Å². The molecule has 4 rings (SSSR count). The van der Waals surface area contributed by atoms with E-state index >= 15 is 0 Å². The highest BCUT2D eigenvalue weighted by Gasteiger charge is 2.24. The Kier molecular flexibility index (Phi) is 7.98. The van der Waals surface area contributed by atoms with Crippen LogP contribution in [0.4, 0.5) is 5.82 Å². The van der Waals surface area contributed by atoms with Crippen LogP contribution >= 0.6 is 0 Å². The van der Waals surface area contributed by atoms with Gasteiger partial charge in [0.15, 0.2) is 5.65 Å². The summed E-state index contributed by atoms with van der Waals surface area (Å²) in [7, 11) is 0. The number of benzene rings is 2. The first-order chi connectivity index (χ1) is 17.1. The maximum absolute atomic E-state index is 13.0. The minimum absolute atomic E-state index is 0.289. The fourth-order valence-electron chi connectivity index (χ4n) is 4.16. The smallest absolute Gasteiger partial charge is 0.257 e. The number of anilines is 1. The third-order valence-corrected chi connectivity index (χ3v) is 5.99. The Morgan fingerprint density at radius 3 is 2.43 bits per heavy atom. The van der Waals surface area contributed by atoms with Crippen molar-refractivity contribution in [1.29, 1.82) is 0 Å². The average Bonchev–Trinajstić information content (AvgIpc) is 3.16. The van der Waals surface area contributed by atoms with Crippen LogP contribution in [0.3, 0.4) is 0 Å². The molecule has 2 aromatic heterocycles. The van der Waals surface area contributed by atoms with Gasteiger partial charge in [-0.15, -0.1) is 6.58 Å². The Hall–Kier alpha value is -3.87. The zero-order valence-corrected chi connectivity index (χ0v) is 20.3. The van der Waals surface area contributed by atoms with Gasteiger partial charge < -0.3 is 15.8 Å². The molecule has 0 saturated heterocycles. The summed E-state index contributed by atoms with van der Waals surface area (Å²) in [5.74, 6) is 0.782. The minimum Gasteiger partial charge on any atom is -0.494 e. The maximum atomic E-state index is 13.0. The molecule has 1 amide bonds. The highest BCUT2D eigenvalue weighted by Crippen LogP contribution is 2.31. The number of carbonyl (C=O) groups excluding carboxylic acids is 1. The van der Waals surface area contributed by atoms with Gasteiger partial charge in [-0.25, -0.2) is 9.97 Å². The van der Waals surface area contributed by atoms with Crippen molar-refractivity contribution in [1.82, 2.24) is 19.9 Å². The fraction of sp³-hybridized carbons (Fsp3) is 0.321. The predicted molar refractivity (Wildman–Crippen MR) is 142 cm³/mol. The molecule has 0 aliphatic rings. The summed E-state index contributed by atoms with van der Waals surface area (Å²) in [5, 5.41) is 2.81. The van der Waals surface area contributed by atoms with E-state index in [9.17, 15) is 4.79 Å². The number of fused-ring (bicyclic) bond motifs is 2. The van der Waals surface area contributed by atoms with Crippen molar-refractivity contribution >= 4 is 33.9 Å². The second-order valence-corrected chi connectivity index (χ2v) is 8.59. The Morgan fingerprint density at radius 1 is 1.03 bits per heavy atom. The highest BCUT2D eigenvalue weighted by molar-refractivity contribution is 6.11. The van der Waals surface area contributed by atoms with E-state index in [0.717, 1.165) is 23.4 Å². The summed E-state index contributed by atoms with van der Waals surface area (Å²) in [5.41, 5.74) is 10.1. The number of para-hydroxylation sites is 2. The van der Waals surface area contributed by atoms with Gasteiger partial charge in [-0.2, -0.15) is 0 Å². The van der Waals surface area contributed by atoms with Gasteiger partial charge in [0.05, 0.1) is 17.6 Å². The van der Waals surface area contributed by atoms with Crippen LogP contribution in [-0.4, -0.2) is 33.6 Å². The predicted octanol–water partition coefficient (Wildman–Crippen LogP) is 5.81. The SMILES string of the molecule is C=CCNC(=O)c1c(N)n(-c2ccc(OCCCCCCCC)cc2)c2nc3ccccc3nc12. The first kappa shape index (κ1) is 24.3. The van der Waals surface area contributed by atoms with Crippen LogP contribution < -0.4 is 15.8 Å². The van der Waals surface area contributed by atoms with Crippen molar-refractivity contribution in [2.45, 2.75) is 45.4 Å². The number of aromatic nitrogens is 3. The van der Waals surface area contributed by atoms with E-state index in [2.05, 4.69) is 18.8 Å². The number of nitrogens with zero attached hydrogens (tertiary/aromatic N) is 3. The number of hydrogen-bond donors (Lipinski definition) is 2. The number of amides is 1. The molecule has 0 atom stereocenters. The van der Waals surface area contributed by atoms with Gasteiger partial charge in [0, 0.05) is 12.2 Å². The molecular formula is C28H33N5O2. The van der Waals surface area contributed by atoms with Crippen molar-refractivity contribution in [3.05, 3.63) is 66.7 Å².